The summed E-state index contributed by atoms with van der Waals surface area (Å²) in [5.74, 6) is 0.637. The number of ether oxygens (including phenoxy) is 1. The Bertz CT molecular complexity index is 1430. The highest BCUT2D eigenvalue weighted by Gasteiger charge is 2.43. The molecule has 0 bridgehead atoms. The molecule has 1 spiro atoms. The lowest BCUT2D eigenvalue weighted by Gasteiger charge is -2.49. The second kappa shape index (κ2) is 13.5. The lowest BCUT2D eigenvalue weighted by atomic mass is 9.69. The van der Waals surface area contributed by atoms with Crippen LogP contribution in [-0.2, 0) is 16.8 Å². The molecule has 0 radical (unpaired) electrons. The fourth-order valence-electron chi connectivity index (χ4n) is 6.66. The summed E-state index contributed by atoms with van der Waals surface area (Å²) < 4.78 is 5.83. The summed E-state index contributed by atoms with van der Waals surface area (Å²) in [7, 11) is 0. The van der Waals surface area contributed by atoms with Gasteiger partial charge in [0.2, 0.25) is 5.88 Å². The summed E-state index contributed by atoms with van der Waals surface area (Å²) in [6.45, 7) is 8.21. The summed E-state index contributed by atoms with van der Waals surface area (Å²) in [6.07, 6.45) is 6.32. The number of carboxylic acid groups (broad SMARTS) is 1. The highest BCUT2D eigenvalue weighted by molar-refractivity contribution is 6.33. The Labute approximate surface area is 252 Å². The molecule has 0 saturated carbocycles. The van der Waals surface area contributed by atoms with E-state index in [1.165, 1.54) is 24.1 Å². The molecule has 1 aromatic carbocycles. The fraction of sp³-hybridized carbons (Fsp3) is 0.438. The van der Waals surface area contributed by atoms with Gasteiger partial charge in [0.15, 0.2) is 0 Å². The van der Waals surface area contributed by atoms with Crippen molar-refractivity contribution < 1.29 is 14.6 Å². The van der Waals surface area contributed by atoms with Crippen molar-refractivity contribution in [3.8, 4) is 23.2 Å². The molecular weight excluding hydrogens is 552 g/mol. The molecule has 6 rings (SSSR count). The number of hydrogen-bond donors (Lipinski definition) is 2. The number of anilines is 1. The van der Waals surface area contributed by atoms with Gasteiger partial charge in [-0.3, -0.25) is 14.7 Å². The summed E-state index contributed by atoms with van der Waals surface area (Å²) in [5.41, 5.74) is 6.08. The smallest absolute Gasteiger partial charge is 0.290 e. The van der Waals surface area contributed by atoms with E-state index < -0.39 is 0 Å². The van der Waals surface area contributed by atoms with Crippen LogP contribution in [0.2, 0.25) is 5.02 Å². The van der Waals surface area contributed by atoms with Crippen LogP contribution in [0.5, 0.6) is 5.88 Å². The zero-order chi connectivity index (χ0) is 29.5. The first kappa shape index (κ1) is 29.8. The number of aromatic nitrogens is 2. The van der Waals surface area contributed by atoms with Crippen molar-refractivity contribution in [1.29, 1.82) is 5.26 Å². The maximum absolute atomic E-state index is 9.24. The molecule has 1 atom stereocenters. The van der Waals surface area contributed by atoms with E-state index in [9.17, 15) is 5.26 Å². The van der Waals surface area contributed by atoms with Crippen LogP contribution in [0.1, 0.15) is 49.4 Å². The van der Waals surface area contributed by atoms with Gasteiger partial charge in [-0.15, -0.1) is 0 Å². The van der Waals surface area contributed by atoms with E-state index in [-0.39, 0.29) is 11.9 Å². The van der Waals surface area contributed by atoms with Crippen LogP contribution in [0.4, 0.5) is 5.69 Å². The van der Waals surface area contributed by atoms with Gasteiger partial charge in [0, 0.05) is 50.4 Å². The Balaban J connectivity index is 0.00000113. The number of halogens is 1. The molecule has 3 aliphatic heterocycles. The number of carbonyl (C=O) groups is 1. The largest absolute Gasteiger partial charge is 0.483 e. The van der Waals surface area contributed by atoms with Crippen molar-refractivity contribution in [2.24, 2.45) is 0 Å². The van der Waals surface area contributed by atoms with E-state index in [0.717, 1.165) is 69.1 Å². The topological polar surface area (TPSA) is 115 Å². The highest BCUT2D eigenvalue weighted by atomic mass is 35.5. The van der Waals surface area contributed by atoms with E-state index in [0.29, 0.717) is 29.1 Å². The van der Waals surface area contributed by atoms with Crippen LogP contribution in [0.3, 0.4) is 0 Å². The van der Waals surface area contributed by atoms with Crippen LogP contribution < -0.4 is 15.0 Å². The molecule has 220 valence electrons. The van der Waals surface area contributed by atoms with Crippen molar-refractivity contribution in [3.63, 3.8) is 0 Å². The van der Waals surface area contributed by atoms with E-state index in [1.54, 1.807) is 12.3 Å². The Morgan fingerprint density at radius 3 is 2.76 bits per heavy atom. The minimum Gasteiger partial charge on any atom is -0.483 e. The molecule has 42 heavy (non-hydrogen) atoms. The minimum absolute atomic E-state index is 0.0466. The monoisotopic (exact) mass is 588 g/mol. The number of fused-ring (bicyclic) bond motifs is 2. The predicted molar refractivity (Wildman–Crippen MR) is 163 cm³/mol. The summed E-state index contributed by atoms with van der Waals surface area (Å²) >= 11 is 6.60. The number of piperidine rings is 1. The molecule has 3 aliphatic rings. The van der Waals surface area contributed by atoms with Gasteiger partial charge in [-0.1, -0.05) is 17.7 Å². The zero-order valence-corrected chi connectivity index (χ0v) is 24.7. The van der Waals surface area contributed by atoms with Crippen molar-refractivity contribution in [1.82, 2.24) is 20.2 Å². The van der Waals surface area contributed by atoms with Gasteiger partial charge in [-0.25, -0.2) is 4.98 Å². The maximum atomic E-state index is 9.24. The number of nitrogens with one attached hydrogen (secondary N) is 1. The van der Waals surface area contributed by atoms with Gasteiger partial charge in [0.25, 0.3) is 6.47 Å². The van der Waals surface area contributed by atoms with Gasteiger partial charge >= 0.3 is 0 Å². The standard InChI is InChI=1S/C31H35ClN6O.CH2O2/c1-2-39-30-24(6-4-14-35-30)27-9-8-25-28(36-27)20-37(19-23-5-3-13-34-23)21-31(25)11-15-38(16-12-31)29-10-7-22(18-33)17-26(29)32;2-1-3/h4,6-10,14,17,23,34H,2-3,5,11-13,15-16,19-21H2,1H3;1H,(H,2,3)/t23-;/m1./s1. The Morgan fingerprint density at radius 1 is 1.26 bits per heavy atom. The number of pyridine rings is 2. The van der Waals surface area contributed by atoms with Crippen LogP contribution in [-0.4, -0.2) is 71.8 Å². The third-order valence-electron chi connectivity index (χ3n) is 8.55. The SMILES string of the molecule is CCOc1ncccc1-c1ccc2c(n1)CN(C[C@H]1CCCN1)CC21CCN(c2ccc(C#N)cc2Cl)CC1.O=CO. The fourth-order valence-corrected chi connectivity index (χ4v) is 6.96. The van der Waals surface area contributed by atoms with Crippen molar-refractivity contribution in [2.75, 3.05) is 44.2 Å². The molecule has 2 N–H and O–H groups in total. The zero-order valence-electron chi connectivity index (χ0n) is 23.9. The molecule has 2 aromatic heterocycles. The molecule has 0 unspecified atom stereocenters. The number of nitriles is 1. The third kappa shape index (κ3) is 6.36. The van der Waals surface area contributed by atoms with Gasteiger partial charge in [-0.05, 0) is 81.1 Å². The Morgan fingerprint density at radius 2 is 2.07 bits per heavy atom. The van der Waals surface area contributed by atoms with Crippen LogP contribution >= 0.6 is 11.6 Å². The second-order valence-electron chi connectivity index (χ2n) is 11.1. The van der Waals surface area contributed by atoms with E-state index in [1.807, 2.05) is 31.2 Å². The normalized spacial score (nSPS) is 19.4. The average Bonchev–Trinajstić information content (AvgIpc) is 3.51. The van der Waals surface area contributed by atoms with E-state index in [2.05, 4.69) is 38.3 Å². The summed E-state index contributed by atoms with van der Waals surface area (Å²) in [5, 5.41) is 20.5. The molecule has 2 fully saturated rings. The van der Waals surface area contributed by atoms with Gasteiger partial charge in [0.1, 0.15) is 0 Å². The number of nitrogens with zero attached hydrogens (tertiary/aromatic N) is 5. The van der Waals surface area contributed by atoms with Gasteiger partial charge in [-0.2, -0.15) is 5.26 Å². The Hall–Kier alpha value is -3.71. The maximum Gasteiger partial charge on any atom is 0.290 e. The number of rotatable bonds is 6. The quantitative estimate of drug-likeness (QED) is 0.389. The van der Waals surface area contributed by atoms with Crippen LogP contribution in [0.25, 0.3) is 11.3 Å². The van der Waals surface area contributed by atoms with Gasteiger partial charge < -0.3 is 20.1 Å². The molecule has 3 aromatic rings. The minimum atomic E-state index is -0.250. The molecule has 5 heterocycles. The van der Waals surface area contributed by atoms with Gasteiger partial charge in [0.05, 0.1) is 45.9 Å². The van der Waals surface area contributed by atoms with Crippen molar-refractivity contribution in [2.45, 2.75) is 50.6 Å². The molecule has 2 saturated heterocycles. The first-order valence-electron chi connectivity index (χ1n) is 14.6. The Kier molecular flexibility index (Phi) is 9.58. The van der Waals surface area contributed by atoms with E-state index >= 15 is 0 Å². The van der Waals surface area contributed by atoms with Crippen LogP contribution in [0.15, 0.2) is 48.7 Å². The average molecular weight is 589 g/mol. The summed E-state index contributed by atoms with van der Waals surface area (Å²) in [6, 6.07) is 16.8. The van der Waals surface area contributed by atoms with Crippen molar-refractivity contribution in [3.05, 3.63) is 70.5 Å². The number of benzene rings is 1. The van der Waals surface area contributed by atoms with Crippen LogP contribution in [0, 0.1) is 11.3 Å². The lowest BCUT2D eigenvalue weighted by Crippen LogP contribution is -2.54. The third-order valence-corrected chi connectivity index (χ3v) is 8.86. The molecule has 10 heteroatoms. The number of hydrogen-bond acceptors (Lipinski definition) is 8. The van der Waals surface area contributed by atoms with E-state index in [4.69, 9.17) is 31.2 Å². The first-order chi connectivity index (χ1) is 20.5. The lowest BCUT2D eigenvalue weighted by molar-refractivity contribution is -0.122. The van der Waals surface area contributed by atoms with Crippen molar-refractivity contribution >= 4 is 23.8 Å². The highest BCUT2D eigenvalue weighted by Crippen LogP contribution is 2.44. The molecule has 0 aliphatic carbocycles. The predicted octanol–water partition coefficient (Wildman–Crippen LogP) is 4.87. The summed E-state index contributed by atoms with van der Waals surface area (Å²) in [4.78, 5) is 23.1. The molecule has 9 nitrogen and oxygen atoms in total. The molecule has 0 amide bonds. The second-order valence-corrected chi connectivity index (χ2v) is 11.5. The molecular formula is C32H37ClN6O3. The first-order valence-corrected chi connectivity index (χ1v) is 14.9.